The van der Waals surface area contributed by atoms with Crippen LogP contribution in [0.1, 0.15) is 13.8 Å². The smallest absolute Gasteiger partial charge is 0.0977 e. The molecule has 0 aromatic heterocycles. The average molecular weight is 116 g/mol. The maximum atomic E-state index is 8.79. The summed E-state index contributed by atoms with van der Waals surface area (Å²) < 4.78 is 0. The van der Waals surface area contributed by atoms with Gasteiger partial charge in [0.05, 0.1) is 12.2 Å². The van der Waals surface area contributed by atoms with Crippen LogP contribution >= 0.6 is 0 Å². The van der Waals surface area contributed by atoms with Gasteiger partial charge in [0.2, 0.25) is 0 Å². The van der Waals surface area contributed by atoms with Crippen LogP contribution in [0.2, 0.25) is 0 Å². The molecule has 0 bridgehead atoms. The Morgan fingerprint density at radius 1 is 1.38 bits per heavy atom. The van der Waals surface area contributed by atoms with E-state index in [2.05, 4.69) is 0 Å². The molecule has 0 aliphatic heterocycles. The van der Waals surface area contributed by atoms with Crippen molar-refractivity contribution < 1.29 is 10.2 Å². The van der Waals surface area contributed by atoms with Gasteiger partial charge in [-0.15, -0.1) is 0 Å². The Morgan fingerprint density at radius 2 is 1.88 bits per heavy atom. The van der Waals surface area contributed by atoms with Crippen molar-refractivity contribution in [2.45, 2.75) is 26.1 Å². The van der Waals surface area contributed by atoms with E-state index in [1.165, 1.54) is 0 Å². The van der Waals surface area contributed by atoms with Gasteiger partial charge in [-0.25, -0.2) is 0 Å². The monoisotopic (exact) mass is 116 g/mol. The molecule has 0 aromatic rings. The molecule has 0 rings (SSSR count). The third kappa shape index (κ3) is 2.77. The predicted octanol–water partition coefficient (Wildman–Crippen LogP) is 0.304. The third-order valence-electron chi connectivity index (χ3n) is 0.884. The lowest BCUT2D eigenvalue weighted by Gasteiger charge is -2.06. The zero-order valence-corrected chi connectivity index (χ0v) is 5.20. The maximum Gasteiger partial charge on any atom is 0.0977 e. The Labute approximate surface area is 49.5 Å². The summed E-state index contributed by atoms with van der Waals surface area (Å²) in [5.74, 6) is 0. The third-order valence-corrected chi connectivity index (χ3v) is 0.884. The molecule has 0 aliphatic carbocycles. The van der Waals surface area contributed by atoms with Crippen molar-refractivity contribution in [2.24, 2.45) is 0 Å². The number of aliphatic hydroxyl groups excluding tert-OH is 2. The number of hydrogen-bond donors (Lipinski definition) is 2. The van der Waals surface area contributed by atoms with Gasteiger partial charge in [0.25, 0.3) is 0 Å². The van der Waals surface area contributed by atoms with E-state index in [1.54, 1.807) is 26.0 Å². The SMILES string of the molecule is CC=CC(O)C(C)O. The number of rotatable bonds is 2. The summed E-state index contributed by atoms with van der Waals surface area (Å²) in [5, 5.41) is 17.4. The van der Waals surface area contributed by atoms with Crippen LogP contribution in [0.3, 0.4) is 0 Å². The molecular weight excluding hydrogens is 104 g/mol. The topological polar surface area (TPSA) is 40.5 Å². The fourth-order valence-corrected chi connectivity index (χ4v) is 0.358. The fourth-order valence-electron chi connectivity index (χ4n) is 0.358. The van der Waals surface area contributed by atoms with Crippen molar-refractivity contribution in [1.29, 1.82) is 0 Å². The Balaban J connectivity index is 3.47. The average Bonchev–Trinajstić information content (AvgIpc) is 1.67. The summed E-state index contributed by atoms with van der Waals surface area (Å²) in [6, 6.07) is 0. The minimum atomic E-state index is -0.708. The fraction of sp³-hybridized carbons (Fsp3) is 0.667. The molecule has 2 N–H and O–H groups in total. The van der Waals surface area contributed by atoms with E-state index in [0.29, 0.717) is 0 Å². The van der Waals surface area contributed by atoms with Crippen LogP contribution in [0, 0.1) is 0 Å². The molecule has 0 fully saturated rings. The first-order valence-corrected chi connectivity index (χ1v) is 2.67. The van der Waals surface area contributed by atoms with Crippen molar-refractivity contribution in [3.63, 3.8) is 0 Å². The molecule has 0 spiro atoms. The highest BCUT2D eigenvalue weighted by atomic mass is 16.3. The molecule has 2 heteroatoms. The highest BCUT2D eigenvalue weighted by Gasteiger charge is 2.03. The highest BCUT2D eigenvalue weighted by molar-refractivity contribution is 4.87. The predicted molar refractivity (Wildman–Crippen MR) is 32.5 cm³/mol. The first kappa shape index (κ1) is 7.66. The largest absolute Gasteiger partial charge is 0.390 e. The Bertz CT molecular complexity index is 76.6. The maximum absolute atomic E-state index is 8.79. The summed E-state index contributed by atoms with van der Waals surface area (Å²) >= 11 is 0. The summed E-state index contributed by atoms with van der Waals surface area (Å²) in [7, 11) is 0. The molecule has 2 nitrogen and oxygen atoms in total. The van der Waals surface area contributed by atoms with Crippen LogP contribution in [0.5, 0.6) is 0 Å². The van der Waals surface area contributed by atoms with Crippen LogP contribution in [-0.2, 0) is 0 Å². The van der Waals surface area contributed by atoms with Crippen molar-refractivity contribution in [3.05, 3.63) is 12.2 Å². The Kier molecular flexibility index (Phi) is 3.48. The van der Waals surface area contributed by atoms with Gasteiger partial charge in [0.1, 0.15) is 0 Å². The molecule has 0 heterocycles. The van der Waals surface area contributed by atoms with Gasteiger partial charge in [-0.3, -0.25) is 0 Å². The van der Waals surface area contributed by atoms with Crippen LogP contribution < -0.4 is 0 Å². The van der Waals surface area contributed by atoms with E-state index in [4.69, 9.17) is 10.2 Å². The summed E-state index contributed by atoms with van der Waals surface area (Å²) in [6.45, 7) is 3.34. The summed E-state index contributed by atoms with van der Waals surface area (Å²) in [4.78, 5) is 0. The lowest BCUT2D eigenvalue weighted by Crippen LogP contribution is -2.19. The van der Waals surface area contributed by atoms with Crippen molar-refractivity contribution in [2.75, 3.05) is 0 Å². The zero-order valence-electron chi connectivity index (χ0n) is 5.20. The molecule has 0 saturated heterocycles. The van der Waals surface area contributed by atoms with E-state index in [-0.39, 0.29) is 0 Å². The minimum absolute atomic E-state index is 0.661. The zero-order chi connectivity index (χ0) is 6.57. The van der Waals surface area contributed by atoms with Crippen LogP contribution in [0.25, 0.3) is 0 Å². The van der Waals surface area contributed by atoms with Crippen molar-refractivity contribution in [3.8, 4) is 0 Å². The lowest BCUT2D eigenvalue weighted by atomic mass is 10.2. The number of aliphatic hydroxyl groups is 2. The van der Waals surface area contributed by atoms with Gasteiger partial charge in [-0.1, -0.05) is 12.2 Å². The van der Waals surface area contributed by atoms with Gasteiger partial charge >= 0.3 is 0 Å². The molecular formula is C6H12O2. The Hall–Kier alpha value is -0.340. The normalized spacial score (nSPS) is 19.0. The van der Waals surface area contributed by atoms with Crippen molar-refractivity contribution >= 4 is 0 Å². The van der Waals surface area contributed by atoms with Gasteiger partial charge in [0.15, 0.2) is 0 Å². The minimum Gasteiger partial charge on any atom is -0.390 e. The van der Waals surface area contributed by atoms with Gasteiger partial charge in [-0.2, -0.15) is 0 Å². The molecule has 0 aliphatic rings. The molecule has 0 radical (unpaired) electrons. The molecule has 2 unspecified atom stereocenters. The van der Waals surface area contributed by atoms with Crippen LogP contribution in [0.15, 0.2) is 12.2 Å². The van der Waals surface area contributed by atoms with E-state index in [9.17, 15) is 0 Å². The van der Waals surface area contributed by atoms with Crippen molar-refractivity contribution in [1.82, 2.24) is 0 Å². The molecule has 48 valence electrons. The first-order chi connectivity index (χ1) is 3.68. The molecule has 0 aromatic carbocycles. The molecule has 2 atom stereocenters. The second-order valence-electron chi connectivity index (χ2n) is 1.76. The molecule has 0 amide bonds. The van der Waals surface area contributed by atoms with E-state index in [1.807, 2.05) is 0 Å². The number of allylic oxidation sites excluding steroid dienone is 1. The highest BCUT2D eigenvalue weighted by Crippen LogP contribution is 1.91. The summed E-state index contributed by atoms with van der Waals surface area (Å²) in [6.07, 6.45) is 1.88. The molecule has 0 saturated carbocycles. The van der Waals surface area contributed by atoms with Crippen LogP contribution in [0.4, 0.5) is 0 Å². The Morgan fingerprint density at radius 3 is 2.00 bits per heavy atom. The van der Waals surface area contributed by atoms with E-state index >= 15 is 0 Å². The lowest BCUT2D eigenvalue weighted by molar-refractivity contribution is 0.0618. The first-order valence-electron chi connectivity index (χ1n) is 2.67. The second-order valence-corrected chi connectivity index (χ2v) is 1.76. The molecule has 8 heavy (non-hydrogen) atoms. The summed E-state index contributed by atoms with van der Waals surface area (Å²) in [5.41, 5.74) is 0. The van der Waals surface area contributed by atoms with E-state index in [0.717, 1.165) is 0 Å². The van der Waals surface area contributed by atoms with Crippen LogP contribution in [-0.4, -0.2) is 22.4 Å². The second kappa shape index (κ2) is 3.64. The standard InChI is InChI=1S/C6H12O2/c1-3-4-6(8)5(2)7/h3-8H,1-2H3. The van der Waals surface area contributed by atoms with E-state index < -0.39 is 12.2 Å². The quantitative estimate of drug-likeness (QED) is 0.509. The van der Waals surface area contributed by atoms with Gasteiger partial charge in [-0.05, 0) is 13.8 Å². The van der Waals surface area contributed by atoms with Gasteiger partial charge < -0.3 is 10.2 Å². The number of hydrogen-bond acceptors (Lipinski definition) is 2. The van der Waals surface area contributed by atoms with Gasteiger partial charge in [0, 0.05) is 0 Å².